The molecular formula is C36H42O2S3. The van der Waals surface area contributed by atoms with Crippen molar-refractivity contribution in [1.82, 2.24) is 0 Å². The van der Waals surface area contributed by atoms with E-state index < -0.39 is 0 Å². The van der Waals surface area contributed by atoms with Gasteiger partial charge in [0.25, 0.3) is 0 Å². The fraction of sp³-hybridized carbons (Fsp3) is 0.444. The van der Waals surface area contributed by atoms with Crippen LogP contribution in [-0.4, -0.2) is 11.6 Å². The molecule has 0 aliphatic heterocycles. The second-order valence-corrected chi connectivity index (χ2v) is 18.7. The summed E-state index contributed by atoms with van der Waals surface area (Å²) in [4.78, 5) is 26.9. The maximum Gasteiger partial charge on any atom is 0.186 e. The second-order valence-electron chi connectivity index (χ2n) is 15.5. The van der Waals surface area contributed by atoms with E-state index in [1.165, 1.54) is 27.9 Å². The predicted octanol–water partition coefficient (Wildman–Crippen LogP) is 9.53. The summed E-state index contributed by atoms with van der Waals surface area (Å²) in [6, 6.07) is 4.61. The Hall–Kier alpha value is -2.34. The van der Waals surface area contributed by atoms with E-state index in [4.69, 9.17) is 0 Å². The lowest BCUT2D eigenvalue weighted by Crippen LogP contribution is -2.28. The topological polar surface area (TPSA) is 34.1 Å². The number of fused-ring (bicyclic) bond motifs is 3. The molecule has 5 rings (SSSR count). The van der Waals surface area contributed by atoms with E-state index in [9.17, 15) is 9.59 Å². The van der Waals surface area contributed by atoms with Gasteiger partial charge in [0.2, 0.25) is 0 Å². The Kier molecular flexibility index (Phi) is 7.04. The van der Waals surface area contributed by atoms with Gasteiger partial charge >= 0.3 is 0 Å². The molecule has 5 heteroatoms. The van der Waals surface area contributed by atoms with Crippen molar-refractivity contribution in [2.75, 3.05) is 0 Å². The first kappa shape index (κ1) is 30.1. The Bertz CT molecular complexity index is 1670. The van der Waals surface area contributed by atoms with Gasteiger partial charge in [0, 0.05) is 40.8 Å². The molecule has 3 aromatic heterocycles. The van der Waals surface area contributed by atoms with Crippen molar-refractivity contribution >= 4 is 75.5 Å². The molecule has 2 aliphatic rings. The highest BCUT2D eigenvalue weighted by Gasteiger charge is 2.35. The number of thiophene rings is 3. The molecular weight excluding hydrogens is 561 g/mol. The molecule has 3 heterocycles. The first-order valence-corrected chi connectivity index (χ1v) is 16.8. The van der Waals surface area contributed by atoms with E-state index in [1.807, 2.05) is 34.0 Å². The van der Waals surface area contributed by atoms with E-state index in [0.717, 1.165) is 33.4 Å². The number of rotatable bonds is 0. The van der Waals surface area contributed by atoms with E-state index >= 15 is 0 Å². The van der Waals surface area contributed by atoms with Crippen LogP contribution in [0.1, 0.15) is 83.1 Å². The molecule has 0 fully saturated rings. The highest BCUT2D eigenvalue weighted by atomic mass is 32.1. The Morgan fingerprint density at radius 3 is 0.951 bits per heavy atom. The maximum atomic E-state index is 13.5. The number of hydrogen-bond acceptors (Lipinski definition) is 5. The summed E-state index contributed by atoms with van der Waals surface area (Å²) in [6.45, 7) is 25.5. The number of carbonyl (C=O) groups is 2. The zero-order valence-electron chi connectivity index (χ0n) is 26.5. The highest BCUT2D eigenvalue weighted by Crippen LogP contribution is 2.43. The molecule has 0 radical (unpaired) electrons. The van der Waals surface area contributed by atoms with E-state index in [1.54, 1.807) is 0 Å². The lowest BCUT2D eigenvalue weighted by Gasteiger charge is -2.31. The summed E-state index contributed by atoms with van der Waals surface area (Å²) >= 11 is 5.49. The van der Waals surface area contributed by atoms with Gasteiger partial charge in [-0.3, -0.25) is 9.59 Å². The van der Waals surface area contributed by atoms with Gasteiger partial charge in [-0.05, 0) is 69.2 Å². The van der Waals surface area contributed by atoms with Crippen molar-refractivity contribution in [3.63, 3.8) is 0 Å². The Morgan fingerprint density at radius 2 is 0.707 bits per heavy atom. The average Bonchev–Trinajstić information content (AvgIpc) is 3.47. The first-order chi connectivity index (χ1) is 18.7. The monoisotopic (exact) mass is 602 g/mol. The van der Waals surface area contributed by atoms with Crippen LogP contribution < -0.4 is 9.06 Å². The van der Waals surface area contributed by atoms with E-state index in [2.05, 4.69) is 120 Å². The van der Waals surface area contributed by atoms with E-state index in [-0.39, 0.29) is 33.2 Å². The fourth-order valence-corrected chi connectivity index (χ4v) is 9.39. The Balaban J connectivity index is 1.75. The van der Waals surface area contributed by atoms with Crippen LogP contribution in [0.2, 0.25) is 0 Å². The third kappa shape index (κ3) is 5.46. The average molecular weight is 603 g/mol. The van der Waals surface area contributed by atoms with Crippen LogP contribution in [0.25, 0.3) is 29.9 Å². The van der Waals surface area contributed by atoms with Gasteiger partial charge in [-0.15, -0.1) is 34.0 Å². The maximum absolute atomic E-state index is 13.5. The first-order valence-electron chi connectivity index (χ1n) is 14.3. The van der Waals surface area contributed by atoms with Crippen molar-refractivity contribution < 1.29 is 9.59 Å². The number of Topliss-reactive ketones (excluding diaryl/α,β-unsaturated/α-hetero) is 2. The number of hydrogen-bond donors (Lipinski definition) is 0. The van der Waals surface area contributed by atoms with Gasteiger partial charge in [0.15, 0.2) is 11.6 Å². The molecule has 41 heavy (non-hydrogen) atoms. The minimum absolute atomic E-state index is 0.172. The number of allylic oxidation sites excluding steroid dienone is 8. The third-order valence-electron chi connectivity index (χ3n) is 7.80. The predicted molar refractivity (Wildman–Crippen MR) is 181 cm³/mol. The van der Waals surface area contributed by atoms with Crippen LogP contribution in [-0.2, 0) is 9.59 Å². The van der Waals surface area contributed by atoms with E-state index in [0.29, 0.717) is 0 Å². The van der Waals surface area contributed by atoms with Crippen molar-refractivity contribution in [1.29, 1.82) is 0 Å². The minimum Gasteiger partial charge on any atom is -0.289 e. The fourth-order valence-electron chi connectivity index (χ4n) is 5.39. The van der Waals surface area contributed by atoms with Crippen LogP contribution in [0, 0.1) is 21.7 Å². The quantitative estimate of drug-likeness (QED) is 0.257. The van der Waals surface area contributed by atoms with Crippen LogP contribution in [0.3, 0.4) is 0 Å². The van der Waals surface area contributed by atoms with Gasteiger partial charge in [-0.1, -0.05) is 83.1 Å². The zero-order chi connectivity index (χ0) is 30.4. The molecule has 0 unspecified atom stereocenters. The second kappa shape index (κ2) is 9.59. The third-order valence-corrected chi connectivity index (χ3v) is 11.7. The van der Waals surface area contributed by atoms with Gasteiger partial charge in [0.05, 0.1) is 9.40 Å². The molecule has 0 atom stereocenters. The van der Waals surface area contributed by atoms with Crippen LogP contribution in [0.5, 0.6) is 0 Å². The molecule has 3 aromatic rings. The van der Waals surface area contributed by atoms with Crippen LogP contribution in [0.4, 0.5) is 0 Å². The summed E-state index contributed by atoms with van der Waals surface area (Å²) in [5.41, 5.74) is 4.88. The van der Waals surface area contributed by atoms with Gasteiger partial charge in [-0.2, -0.15) is 0 Å². The van der Waals surface area contributed by atoms with Gasteiger partial charge in [-0.25, -0.2) is 0 Å². The summed E-state index contributed by atoms with van der Waals surface area (Å²) in [5.74, 6) is 0.344. The lowest BCUT2D eigenvalue weighted by molar-refractivity contribution is -0.114. The normalized spacial score (nSPS) is 17.9. The van der Waals surface area contributed by atoms with Gasteiger partial charge < -0.3 is 0 Å². The molecule has 2 aliphatic carbocycles. The Morgan fingerprint density at radius 1 is 0.439 bits per heavy atom. The molecule has 0 saturated carbocycles. The van der Waals surface area contributed by atoms with Crippen molar-refractivity contribution in [3.8, 4) is 0 Å². The summed E-state index contributed by atoms with van der Waals surface area (Å²) in [7, 11) is 0. The SMILES string of the molecule is CC(C)(C)C1=CC(=c2cc3sc4cc(=C5C=C(C(C)(C)C)C(=O)C(C(C)(C)C)=C5)sc4c3s2)C=C(C(C)(C)C)C1=O. The molecule has 216 valence electrons. The molecule has 2 nitrogen and oxygen atoms in total. The summed E-state index contributed by atoms with van der Waals surface area (Å²) in [5, 5.41) is 0. The van der Waals surface area contributed by atoms with Crippen LogP contribution in [0.15, 0.2) is 58.7 Å². The lowest BCUT2D eigenvalue weighted by atomic mass is 9.72. The van der Waals surface area contributed by atoms with Crippen LogP contribution >= 0.6 is 34.0 Å². The molecule has 0 bridgehead atoms. The zero-order valence-corrected chi connectivity index (χ0v) is 29.0. The molecule has 0 N–H and O–H groups in total. The van der Waals surface area contributed by atoms with Gasteiger partial charge in [0.1, 0.15) is 0 Å². The largest absolute Gasteiger partial charge is 0.289 e. The Labute approximate surface area is 256 Å². The number of ketones is 2. The molecule has 0 spiro atoms. The van der Waals surface area contributed by atoms with Crippen molar-refractivity contribution in [2.24, 2.45) is 21.7 Å². The highest BCUT2D eigenvalue weighted by molar-refractivity contribution is 7.37. The smallest absolute Gasteiger partial charge is 0.186 e. The molecule has 0 saturated heterocycles. The summed E-state index contributed by atoms with van der Waals surface area (Å²) < 4.78 is 7.62. The standard InChI is InChI=1S/C36H42O2S3/c1-33(2,3)21-13-19(14-22(29(21)37)34(4,5)6)25-17-27-31(40-25)32-28(39-27)18-26(41-32)20-15-23(35(7,8)9)30(38)24(16-20)36(10,11)12/h13-18H,1-12H3. The molecule has 0 aromatic carbocycles. The van der Waals surface area contributed by atoms with Crippen molar-refractivity contribution in [3.05, 3.63) is 67.8 Å². The van der Waals surface area contributed by atoms with Crippen molar-refractivity contribution in [2.45, 2.75) is 83.1 Å². The summed E-state index contributed by atoms with van der Waals surface area (Å²) in [6.07, 6.45) is 8.49. The number of carbonyl (C=O) groups excluding carboxylic acids is 2. The molecule has 0 amide bonds. The minimum atomic E-state index is -0.227.